The molecule has 0 aliphatic heterocycles. The smallest absolute Gasteiger partial charge is 0.276 e. The fraction of sp³-hybridized carbons (Fsp3) is 0.125. The average Bonchev–Trinajstić information content (AvgIpc) is 2.58. The Morgan fingerprint density at radius 2 is 1.50 bits per heavy atom. The molecule has 2 rings (SSSR count). The SMILES string of the molecule is O=C(COc1ccc(Br)cc1)NNC(=O)COc1ccccc1F. The highest BCUT2D eigenvalue weighted by atomic mass is 79.9. The number of carbonyl (C=O) groups excluding carboxylic acids is 2. The predicted molar refractivity (Wildman–Crippen MR) is 87.8 cm³/mol. The first kappa shape index (κ1) is 17.7. The van der Waals surface area contributed by atoms with Gasteiger partial charge in [-0.05, 0) is 36.4 Å². The third-order valence-electron chi connectivity index (χ3n) is 2.72. The third kappa shape index (κ3) is 5.88. The van der Waals surface area contributed by atoms with Gasteiger partial charge in [-0.15, -0.1) is 0 Å². The third-order valence-corrected chi connectivity index (χ3v) is 3.25. The number of carbonyl (C=O) groups is 2. The van der Waals surface area contributed by atoms with Gasteiger partial charge in [0.25, 0.3) is 11.8 Å². The number of para-hydroxylation sites is 1. The molecule has 24 heavy (non-hydrogen) atoms. The number of amides is 2. The number of hydrogen-bond acceptors (Lipinski definition) is 4. The normalized spacial score (nSPS) is 9.92. The van der Waals surface area contributed by atoms with Crippen LogP contribution in [0.1, 0.15) is 0 Å². The molecule has 0 atom stereocenters. The molecule has 0 aliphatic rings. The molecule has 8 heteroatoms. The molecule has 0 unspecified atom stereocenters. The lowest BCUT2D eigenvalue weighted by Crippen LogP contribution is -2.45. The zero-order valence-electron chi connectivity index (χ0n) is 12.4. The molecular formula is C16H14BrFN2O4. The summed E-state index contributed by atoms with van der Waals surface area (Å²) in [4.78, 5) is 23.1. The van der Waals surface area contributed by atoms with Crippen LogP contribution in [0.4, 0.5) is 4.39 Å². The van der Waals surface area contributed by atoms with Gasteiger partial charge in [0.15, 0.2) is 24.8 Å². The lowest BCUT2D eigenvalue weighted by atomic mass is 10.3. The van der Waals surface area contributed by atoms with E-state index in [-0.39, 0.29) is 12.4 Å². The van der Waals surface area contributed by atoms with E-state index in [0.29, 0.717) is 5.75 Å². The fourth-order valence-corrected chi connectivity index (χ4v) is 1.86. The van der Waals surface area contributed by atoms with Crippen LogP contribution < -0.4 is 20.3 Å². The van der Waals surface area contributed by atoms with Gasteiger partial charge in [0, 0.05) is 4.47 Å². The fourth-order valence-electron chi connectivity index (χ4n) is 1.60. The number of rotatable bonds is 6. The first-order valence-corrected chi connectivity index (χ1v) is 7.67. The molecule has 0 aliphatic carbocycles. The largest absolute Gasteiger partial charge is 0.484 e. The molecule has 0 saturated heterocycles. The summed E-state index contributed by atoms with van der Waals surface area (Å²) in [5.74, 6) is -1.27. The number of ether oxygens (including phenoxy) is 2. The zero-order chi connectivity index (χ0) is 17.4. The molecule has 0 bridgehead atoms. The molecule has 0 fully saturated rings. The lowest BCUT2D eigenvalue weighted by Gasteiger charge is -2.10. The summed E-state index contributed by atoms with van der Waals surface area (Å²) in [6.45, 7) is -0.704. The summed E-state index contributed by atoms with van der Waals surface area (Å²) >= 11 is 3.28. The summed E-state index contributed by atoms with van der Waals surface area (Å²) < 4.78 is 24.4. The van der Waals surface area contributed by atoms with Crippen molar-refractivity contribution in [1.82, 2.24) is 10.9 Å². The van der Waals surface area contributed by atoms with Gasteiger partial charge in [-0.2, -0.15) is 0 Å². The molecule has 6 nitrogen and oxygen atoms in total. The maximum absolute atomic E-state index is 13.3. The summed E-state index contributed by atoms with van der Waals surface area (Å²) in [7, 11) is 0. The van der Waals surface area contributed by atoms with Crippen molar-refractivity contribution in [3.63, 3.8) is 0 Å². The second-order valence-corrected chi connectivity index (χ2v) is 5.47. The van der Waals surface area contributed by atoms with Crippen molar-refractivity contribution in [2.24, 2.45) is 0 Å². The molecule has 2 amide bonds. The van der Waals surface area contributed by atoms with Gasteiger partial charge in [0.05, 0.1) is 0 Å². The van der Waals surface area contributed by atoms with Crippen LogP contribution in [0.2, 0.25) is 0 Å². The van der Waals surface area contributed by atoms with E-state index in [1.54, 1.807) is 30.3 Å². The Kier molecular flexibility index (Phi) is 6.56. The molecule has 0 aromatic heterocycles. The van der Waals surface area contributed by atoms with Crippen LogP contribution in [0.15, 0.2) is 53.0 Å². The highest BCUT2D eigenvalue weighted by Gasteiger charge is 2.08. The highest BCUT2D eigenvalue weighted by molar-refractivity contribution is 9.10. The Labute approximate surface area is 146 Å². The maximum atomic E-state index is 13.3. The highest BCUT2D eigenvalue weighted by Crippen LogP contribution is 2.16. The maximum Gasteiger partial charge on any atom is 0.276 e. The Bertz CT molecular complexity index is 709. The van der Waals surface area contributed by atoms with Gasteiger partial charge >= 0.3 is 0 Å². The van der Waals surface area contributed by atoms with Gasteiger partial charge in [0.2, 0.25) is 0 Å². The Hall–Kier alpha value is -2.61. The number of hydrogen-bond donors (Lipinski definition) is 2. The number of halogens is 2. The summed E-state index contributed by atoms with van der Waals surface area (Å²) in [6.07, 6.45) is 0. The summed E-state index contributed by atoms with van der Waals surface area (Å²) in [6, 6.07) is 12.6. The van der Waals surface area contributed by atoms with Gasteiger partial charge in [0.1, 0.15) is 5.75 Å². The lowest BCUT2D eigenvalue weighted by molar-refractivity contribution is -0.131. The molecule has 2 N–H and O–H groups in total. The van der Waals surface area contributed by atoms with Crippen molar-refractivity contribution in [3.05, 3.63) is 58.8 Å². The van der Waals surface area contributed by atoms with Crippen LogP contribution >= 0.6 is 15.9 Å². The quantitative estimate of drug-likeness (QED) is 0.733. The minimum atomic E-state index is -0.629. The van der Waals surface area contributed by atoms with Crippen molar-refractivity contribution < 1.29 is 23.5 Å². The minimum Gasteiger partial charge on any atom is -0.484 e. The van der Waals surface area contributed by atoms with Gasteiger partial charge in [-0.3, -0.25) is 20.4 Å². The molecular weight excluding hydrogens is 383 g/mol. The van der Waals surface area contributed by atoms with E-state index in [1.165, 1.54) is 18.2 Å². The van der Waals surface area contributed by atoms with Crippen LogP contribution in [-0.2, 0) is 9.59 Å². The van der Waals surface area contributed by atoms with Gasteiger partial charge in [-0.1, -0.05) is 28.1 Å². The van der Waals surface area contributed by atoms with Crippen LogP contribution in [0.25, 0.3) is 0 Å². The topological polar surface area (TPSA) is 76.7 Å². The Balaban J connectivity index is 1.66. The van der Waals surface area contributed by atoms with E-state index in [9.17, 15) is 14.0 Å². The molecule has 0 spiro atoms. The van der Waals surface area contributed by atoms with Crippen molar-refractivity contribution in [2.45, 2.75) is 0 Å². The Morgan fingerprint density at radius 3 is 2.12 bits per heavy atom. The van der Waals surface area contributed by atoms with E-state index < -0.39 is 24.2 Å². The van der Waals surface area contributed by atoms with Crippen molar-refractivity contribution in [3.8, 4) is 11.5 Å². The van der Waals surface area contributed by atoms with E-state index in [4.69, 9.17) is 9.47 Å². The van der Waals surface area contributed by atoms with Crippen LogP contribution in [-0.4, -0.2) is 25.0 Å². The Morgan fingerprint density at radius 1 is 0.917 bits per heavy atom. The average molecular weight is 397 g/mol. The van der Waals surface area contributed by atoms with Crippen molar-refractivity contribution >= 4 is 27.7 Å². The van der Waals surface area contributed by atoms with Crippen LogP contribution in [0.5, 0.6) is 11.5 Å². The molecule has 0 saturated carbocycles. The van der Waals surface area contributed by atoms with Crippen LogP contribution in [0, 0.1) is 5.82 Å². The monoisotopic (exact) mass is 396 g/mol. The first-order chi connectivity index (χ1) is 11.5. The summed E-state index contributed by atoms with van der Waals surface area (Å²) in [5.41, 5.74) is 4.31. The molecule has 2 aromatic carbocycles. The van der Waals surface area contributed by atoms with E-state index >= 15 is 0 Å². The van der Waals surface area contributed by atoms with E-state index in [1.807, 2.05) is 0 Å². The van der Waals surface area contributed by atoms with Crippen molar-refractivity contribution in [2.75, 3.05) is 13.2 Å². The van der Waals surface area contributed by atoms with Gasteiger partial charge < -0.3 is 9.47 Å². The standard InChI is InChI=1S/C16H14BrFN2O4/c17-11-5-7-12(8-6-11)23-9-15(21)19-20-16(22)10-24-14-4-2-1-3-13(14)18/h1-8H,9-10H2,(H,19,21)(H,20,22). The zero-order valence-corrected chi connectivity index (χ0v) is 14.0. The molecule has 126 valence electrons. The molecule has 0 radical (unpaired) electrons. The van der Waals surface area contributed by atoms with E-state index in [2.05, 4.69) is 26.8 Å². The number of hydrazine groups is 1. The van der Waals surface area contributed by atoms with Crippen LogP contribution in [0.3, 0.4) is 0 Å². The second kappa shape index (κ2) is 8.88. The molecule has 0 heterocycles. The molecule has 2 aromatic rings. The number of benzene rings is 2. The first-order valence-electron chi connectivity index (χ1n) is 6.88. The van der Waals surface area contributed by atoms with Crippen molar-refractivity contribution in [1.29, 1.82) is 0 Å². The minimum absolute atomic E-state index is 0.0439. The number of nitrogens with one attached hydrogen (secondary N) is 2. The summed E-state index contributed by atoms with van der Waals surface area (Å²) in [5, 5.41) is 0. The predicted octanol–water partition coefficient (Wildman–Crippen LogP) is 2.19. The van der Waals surface area contributed by atoms with E-state index in [0.717, 1.165) is 4.47 Å². The second-order valence-electron chi connectivity index (χ2n) is 4.56. The van der Waals surface area contributed by atoms with Gasteiger partial charge in [-0.25, -0.2) is 4.39 Å².